The number of pyridine rings is 1. The number of methoxy groups -OCH3 is 1. The Morgan fingerprint density at radius 2 is 2.31 bits per heavy atom. The van der Waals surface area contributed by atoms with Crippen molar-refractivity contribution in [2.24, 2.45) is 0 Å². The molecule has 1 aromatic rings. The van der Waals surface area contributed by atoms with Crippen molar-refractivity contribution >= 4 is 5.69 Å². The topological polar surface area (TPSA) is 37.4 Å². The largest absolute Gasteiger partial charge is 0.493 e. The molecule has 0 amide bonds. The molecule has 1 aliphatic heterocycles. The van der Waals surface area contributed by atoms with Crippen molar-refractivity contribution in [2.45, 2.75) is 19.9 Å². The van der Waals surface area contributed by atoms with Crippen LogP contribution in [0, 0.1) is 6.92 Å². The molecule has 1 N–H and O–H groups in total. The van der Waals surface area contributed by atoms with Crippen LogP contribution in [0.5, 0.6) is 5.75 Å². The molecule has 4 heteroatoms. The molecule has 16 heavy (non-hydrogen) atoms. The molecule has 1 aliphatic rings. The Morgan fingerprint density at radius 1 is 1.56 bits per heavy atom. The SMILES string of the molecule is CCN(c1cc(C)ncc1OC)C1CNC1. The average Bonchev–Trinajstić information content (AvgIpc) is 2.23. The molecule has 88 valence electrons. The molecule has 0 radical (unpaired) electrons. The van der Waals surface area contributed by atoms with Gasteiger partial charge in [0.1, 0.15) is 0 Å². The summed E-state index contributed by atoms with van der Waals surface area (Å²) in [5.41, 5.74) is 2.19. The summed E-state index contributed by atoms with van der Waals surface area (Å²) in [4.78, 5) is 6.64. The Hall–Kier alpha value is -1.29. The Bertz CT molecular complexity index is 363. The molecule has 0 aliphatic carbocycles. The molecule has 1 saturated heterocycles. The average molecular weight is 221 g/mol. The van der Waals surface area contributed by atoms with Crippen molar-refractivity contribution in [1.29, 1.82) is 0 Å². The Kier molecular flexibility index (Phi) is 3.29. The van der Waals surface area contributed by atoms with Gasteiger partial charge < -0.3 is 15.0 Å². The van der Waals surface area contributed by atoms with Crippen LogP contribution in [0.15, 0.2) is 12.3 Å². The van der Waals surface area contributed by atoms with Crippen LogP contribution in [0.25, 0.3) is 0 Å². The van der Waals surface area contributed by atoms with Gasteiger partial charge in [-0.2, -0.15) is 0 Å². The molecular formula is C12H19N3O. The van der Waals surface area contributed by atoms with Crippen LogP contribution in [0.3, 0.4) is 0 Å². The molecular weight excluding hydrogens is 202 g/mol. The second kappa shape index (κ2) is 4.70. The second-order valence-corrected chi connectivity index (χ2v) is 4.10. The number of nitrogens with one attached hydrogen (secondary N) is 1. The van der Waals surface area contributed by atoms with Crippen LogP contribution in [0.2, 0.25) is 0 Å². The number of rotatable bonds is 4. The Balaban J connectivity index is 2.31. The highest BCUT2D eigenvalue weighted by Crippen LogP contribution is 2.29. The van der Waals surface area contributed by atoms with E-state index in [0.717, 1.165) is 36.8 Å². The number of ether oxygens (including phenoxy) is 1. The first kappa shape index (κ1) is 11.2. The highest BCUT2D eigenvalue weighted by molar-refractivity contribution is 5.59. The summed E-state index contributed by atoms with van der Waals surface area (Å²) in [7, 11) is 1.70. The highest BCUT2D eigenvalue weighted by atomic mass is 16.5. The number of hydrogen-bond donors (Lipinski definition) is 1. The lowest BCUT2D eigenvalue weighted by atomic mass is 10.1. The van der Waals surface area contributed by atoms with Crippen molar-refractivity contribution in [2.75, 3.05) is 31.6 Å². The van der Waals surface area contributed by atoms with Gasteiger partial charge in [-0.05, 0) is 19.9 Å². The van der Waals surface area contributed by atoms with Crippen molar-refractivity contribution in [1.82, 2.24) is 10.3 Å². The molecule has 1 fully saturated rings. The normalized spacial score (nSPS) is 15.7. The second-order valence-electron chi connectivity index (χ2n) is 4.10. The van der Waals surface area contributed by atoms with Crippen molar-refractivity contribution in [3.63, 3.8) is 0 Å². The van der Waals surface area contributed by atoms with Crippen molar-refractivity contribution < 1.29 is 4.74 Å². The quantitative estimate of drug-likeness (QED) is 0.829. The standard InChI is InChI=1S/C12H19N3O/c1-4-15(10-6-13-7-10)11-5-9(2)14-8-12(11)16-3/h5,8,10,13H,4,6-7H2,1-3H3. The van der Waals surface area contributed by atoms with E-state index in [1.807, 2.05) is 6.92 Å². The fourth-order valence-corrected chi connectivity index (χ4v) is 2.03. The van der Waals surface area contributed by atoms with Gasteiger partial charge in [0, 0.05) is 25.3 Å². The van der Waals surface area contributed by atoms with E-state index in [0.29, 0.717) is 6.04 Å². The lowest BCUT2D eigenvalue weighted by Gasteiger charge is -2.39. The zero-order valence-electron chi connectivity index (χ0n) is 10.2. The molecule has 0 atom stereocenters. The van der Waals surface area contributed by atoms with Crippen LogP contribution >= 0.6 is 0 Å². The first-order chi connectivity index (χ1) is 7.76. The van der Waals surface area contributed by atoms with E-state index < -0.39 is 0 Å². The number of likely N-dealkylation sites (N-methyl/N-ethyl adjacent to an activating group) is 1. The van der Waals surface area contributed by atoms with E-state index >= 15 is 0 Å². The summed E-state index contributed by atoms with van der Waals surface area (Å²) in [5, 5.41) is 3.30. The minimum atomic E-state index is 0.584. The number of aryl methyl sites for hydroxylation is 1. The van der Waals surface area contributed by atoms with E-state index in [1.54, 1.807) is 13.3 Å². The van der Waals surface area contributed by atoms with Gasteiger partial charge in [-0.3, -0.25) is 4.98 Å². The first-order valence-corrected chi connectivity index (χ1v) is 5.74. The molecule has 4 nitrogen and oxygen atoms in total. The first-order valence-electron chi connectivity index (χ1n) is 5.74. The molecule has 0 unspecified atom stereocenters. The summed E-state index contributed by atoms with van der Waals surface area (Å²) < 4.78 is 5.38. The van der Waals surface area contributed by atoms with Gasteiger partial charge in [0.25, 0.3) is 0 Å². The fraction of sp³-hybridized carbons (Fsp3) is 0.583. The van der Waals surface area contributed by atoms with E-state index in [-0.39, 0.29) is 0 Å². The monoisotopic (exact) mass is 221 g/mol. The molecule has 0 saturated carbocycles. The van der Waals surface area contributed by atoms with Gasteiger partial charge in [-0.1, -0.05) is 0 Å². The third-order valence-electron chi connectivity index (χ3n) is 3.05. The number of anilines is 1. The fourth-order valence-electron chi connectivity index (χ4n) is 2.03. The summed E-state index contributed by atoms with van der Waals surface area (Å²) in [6, 6.07) is 2.68. The summed E-state index contributed by atoms with van der Waals surface area (Å²) >= 11 is 0. The zero-order valence-corrected chi connectivity index (χ0v) is 10.2. The summed E-state index contributed by atoms with van der Waals surface area (Å²) in [5.74, 6) is 0.861. The minimum absolute atomic E-state index is 0.584. The maximum absolute atomic E-state index is 5.38. The zero-order chi connectivity index (χ0) is 11.5. The Labute approximate surface area is 96.6 Å². The van der Waals surface area contributed by atoms with Crippen LogP contribution in [0.4, 0.5) is 5.69 Å². The number of aromatic nitrogens is 1. The van der Waals surface area contributed by atoms with Crippen LogP contribution in [0.1, 0.15) is 12.6 Å². The van der Waals surface area contributed by atoms with E-state index in [9.17, 15) is 0 Å². The molecule has 0 aromatic carbocycles. The van der Waals surface area contributed by atoms with Gasteiger partial charge in [-0.25, -0.2) is 0 Å². The molecule has 0 spiro atoms. The van der Waals surface area contributed by atoms with E-state index in [1.165, 1.54) is 0 Å². The molecule has 2 heterocycles. The van der Waals surface area contributed by atoms with E-state index in [4.69, 9.17) is 4.74 Å². The summed E-state index contributed by atoms with van der Waals surface area (Å²) in [6.07, 6.45) is 1.80. The highest BCUT2D eigenvalue weighted by Gasteiger charge is 2.25. The van der Waals surface area contributed by atoms with Crippen molar-refractivity contribution in [3.8, 4) is 5.75 Å². The maximum atomic E-state index is 5.38. The molecule has 0 bridgehead atoms. The molecule has 1 aromatic heterocycles. The van der Waals surface area contributed by atoms with Crippen LogP contribution in [-0.4, -0.2) is 37.8 Å². The summed E-state index contributed by atoms with van der Waals surface area (Å²) in [6.45, 7) is 7.28. The predicted octanol–water partition coefficient (Wildman–Crippen LogP) is 1.20. The maximum Gasteiger partial charge on any atom is 0.160 e. The van der Waals surface area contributed by atoms with Crippen molar-refractivity contribution in [3.05, 3.63) is 18.0 Å². The smallest absolute Gasteiger partial charge is 0.160 e. The third kappa shape index (κ3) is 1.97. The van der Waals surface area contributed by atoms with Gasteiger partial charge in [-0.15, -0.1) is 0 Å². The minimum Gasteiger partial charge on any atom is -0.493 e. The predicted molar refractivity (Wildman–Crippen MR) is 65.2 cm³/mol. The van der Waals surface area contributed by atoms with Crippen LogP contribution in [-0.2, 0) is 0 Å². The number of hydrogen-bond acceptors (Lipinski definition) is 4. The lowest BCUT2D eigenvalue weighted by molar-refractivity contribution is 0.393. The van der Waals surface area contributed by atoms with E-state index in [2.05, 4.69) is 28.2 Å². The lowest BCUT2D eigenvalue weighted by Crippen LogP contribution is -2.57. The third-order valence-corrected chi connectivity index (χ3v) is 3.05. The van der Waals surface area contributed by atoms with Gasteiger partial charge in [0.2, 0.25) is 0 Å². The van der Waals surface area contributed by atoms with Gasteiger partial charge >= 0.3 is 0 Å². The van der Waals surface area contributed by atoms with Gasteiger partial charge in [0.15, 0.2) is 5.75 Å². The number of nitrogens with zero attached hydrogens (tertiary/aromatic N) is 2. The molecule has 2 rings (SSSR count). The van der Waals surface area contributed by atoms with Gasteiger partial charge in [0.05, 0.1) is 25.0 Å². The van der Waals surface area contributed by atoms with Crippen LogP contribution < -0.4 is 15.0 Å². The Morgan fingerprint density at radius 3 is 2.81 bits per heavy atom.